The molecule has 1 aliphatic heterocycles. The number of rotatable bonds is 1. The lowest BCUT2D eigenvalue weighted by Gasteiger charge is -2.04. The van der Waals surface area contributed by atoms with Crippen LogP contribution in [0.25, 0.3) is 0 Å². The van der Waals surface area contributed by atoms with Crippen LogP contribution in [0.2, 0.25) is 0 Å². The fourth-order valence-corrected chi connectivity index (χ4v) is 2.88. The first-order valence-corrected chi connectivity index (χ1v) is 8.18. The van der Waals surface area contributed by atoms with Gasteiger partial charge in [0.05, 0.1) is 5.56 Å². The molecular formula is C21H22N+. The van der Waals surface area contributed by atoms with E-state index < -0.39 is 0 Å². The van der Waals surface area contributed by atoms with Gasteiger partial charge in [-0.1, -0.05) is 42.3 Å². The fourth-order valence-electron chi connectivity index (χ4n) is 2.88. The molecule has 0 aromatic heterocycles. The van der Waals surface area contributed by atoms with Gasteiger partial charge < -0.3 is 0 Å². The Morgan fingerprint density at radius 3 is 1.95 bits per heavy atom. The first kappa shape index (κ1) is 14.6. The van der Waals surface area contributed by atoms with Gasteiger partial charge in [0.25, 0.3) is 5.71 Å². The van der Waals surface area contributed by atoms with Crippen LogP contribution in [0, 0.1) is 11.8 Å². The lowest BCUT2D eigenvalue weighted by atomic mass is 10.1. The minimum Gasteiger partial charge on any atom is -0.222 e. The van der Waals surface area contributed by atoms with Gasteiger partial charge in [-0.15, -0.1) is 0 Å². The van der Waals surface area contributed by atoms with E-state index in [1.807, 2.05) is 18.2 Å². The molecule has 3 rings (SSSR count). The van der Waals surface area contributed by atoms with Gasteiger partial charge in [-0.05, 0) is 37.1 Å². The summed E-state index contributed by atoms with van der Waals surface area (Å²) >= 11 is 0. The van der Waals surface area contributed by atoms with Crippen molar-refractivity contribution in [3.63, 3.8) is 0 Å². The van der Waals surface area contributed by atoms with E-state index in [4.69, 9.17) is 0 Å². The minimum absolute atomic E-state index is 1.07. The number of hydrogen-bond acceptors (Lipinski definition) is 0. The van der Waals surface area contributed by atoms with E-state index in [0.717, 1.165) is 18.7 Å². The van der Waals surface area contributed by atoms with Crippen molar-refractivity contribution in [2.75, 3.05) is 13.1 Å². The maximum Gasteiger partial charge on any atom is 0.259 e. The standard InChI is InChI=1S/C21H22N/c1-2-10-18-22(17-9-1)21(20-13-7-4-8-14-20)16-15-19-11-5-3-6-12-19/h3-8,11-14H,1-2,9-10,17-18H2/q+1. The SMILES string of the molecule is C(#Cc1ccccc1)C(c1ccccc1)=[N+]1CCCCCC1. The molecule has 1 fully saturated rings. The summed E-state index contributed by atoms with van der Waals surface area (Å²) in [5.74, 6) is 6.77. The highest BCUT2D eigenvalue weighted by atomic mass is 15.0. The molecule has 0 amide bonds. The maximum atomic E-state index is 3.44. The van der Waals surface area contributed by atoms with E-state index in [-0.39, 0.29) is 0 Å². The summed E-state index contributed by atoms with van der Waals surface area (Å²) in [6, 6.07) is 20.8. The average Bonchev–Trinajstić information content (AvgIpc) is 2.86. The Labute approximate surface area is 133 Å². The molecule has 1 heteroatoms. The van der Waals surface area contributed by atoms with Crippen LogP contribution >= 0.6 is 0 Å². The van der Waals surface area contributed by atoms with E-state index in [1.54, 1.807) is 0 Å². The van der Waals surface area contributed by atoms with Crippen LogP contribution in [-0.2, 0) is 0 Å². The van der Waals surface area contributed by atoms with E-state index in [2.05, 4.69) is 58.9 Å². The van der Waals surface area contributed by atoms with E-state index in [1.165, 1.54) is 37.0 Å². The summed E-state index contributed by atoms with van der Waals surface area (Å²) in [6.07, 6.45) is 5.21. The smallest absolute Gasteiger partial charge is 0.222 e. The molecule has 2 aromatic rings. The molecule has 1 heterocycles. The molecular weight excluding hydrogens is 266 g/mol. The van der Waals surface area contributed by atoms with Crippen molar-refractivity contribution in [1.29, 1.82) is 0 Å². The average molecular weight is 288 g/mol. The topological polar surface area (TPSA) is 3.01 Å². The van der Waals surface area contributed by atoms with Gasteiger partial charge in [-0.25, -0.2) is 4.58 Å². The molecule has 22 heavy (non-hydrogen) atoms. The zero-order chi connectivity index (χ0) is 15.0. The zero-order valence-electron chi connectivity index (χ0n) is 13.0. The van der Waals surface area contributed by atoms with Crippen LogP contribution in [0.15, 0.2) is 60.7 Å². The first-order chi connectivity index (χ1) is 10.9. The predicted octanol–water partition coefficient (Wildman–Crippen LogP) is 4.11. The van der Waals surface area contributed by atoms with Crippen molar-refractivity contribution >= 4 is 5.71 Å². The molecule has 0 N–H and O–H groups in total. The fraction of sp³-hybridized carbons (Fsp3) is 0.286. The summed E-state index contributed by atoms with van der Waals surface area (Å²) in [4.78, 5) is 0. The number of benzene rings is 2. The molecule has 0 saturated carbocycles. The van der Waals surface area contributed by atoms with Crippen LogP contribution in [-0.4, -0.2) is 23.4 Å². The van der Waals surface area contributed by atoms with E-state index in [9.17, 15) is 0 Å². The summed E-state index contributed by atoms with van der Waals surface area (Å²) in [5.41, 5.74) is 3.48. The van der Waals surface area contributed by atoms with Crippen molar-refractivity contribution in [3.05, 3.63) is 71.8 Å². The van der Waals surface area contributed by atoms with Gasteiger partial charge in [-0.3, -0.25) is 0 Å². The Morgan fingerprint density at radius 2 is 1.32 bits per heavy atom. The lowest BCUT2D eigenvalue weighted by molar-refractivity contribution is -0.524. The molecule has 110 valence electrons. The van der Waals surface area contributed by atoms with Gasteiger partial charge in [0.1, 0.15) is 13.1 Å². The highest BCUT2D eigenvalue weighted by molar-refractivity contribution is 6.10. The molecule has 0 bridgehead atoms. The predicted molar refractivity (Wildman–Crippen MR) is 92.3 cm³/mol. The molecule has 1 aliphatic rings. The van der Waals surface area contributed by atoms with Crippen LogP contribution in [0.1, 0.15) is 36.8 Å². The van der Waals surface area contributed by atoms with Gasteiger partial charge in [0, 0.05) is 24.3 Å². The van der Waals surface area contributed by atoms with Gasteiger partial charge in [0.2, 0.25) is 0 Å². The number of hydrogen-bond donors (Lipinski definition) is 0. The monoisotopic (exact) mass is 288 g/mol. The summed E-state index contributed by atoms with van der Waals surface area (Å²) in [7, 11) is 0. The summed E-state index contributed by atoms with van der Waals surface area (Å²) < 4.78 is 2.47. The van der Waals surface area contributed by atoms with Gasteiger partial charge in [-0.2, -0.15) is 0 Å². The molecule has 0 spiro atoms. The van der Waals surface area contributed by atoms with E-state index >= 15 is 0 Å². The second kappa shape index (κ2) is 7.61. The summed E-state index contributed by atoms with van der Waals surface area (Å²) in [5, 5.41) is 0. The molecule has 1 nitrogen and oxygen atoms in total. The van der Waals surface area contributed by atoms with Crippen molar-refractivity contribution in [2.24, 2.45) is 0 Å². The van der Waals surface area contributed by atoms with Crippen molar-refractivity contribution < 1.29 is 4.58 Å². The Bertz CT molecular complexity index is 677. The van der Waals surface area contributed by atoms with Crippen LogP contribution in [0.4, 0.5) is 0 Å². The first-order valence-electron chi connectivity index (χ1n) is 8.18. The van der Waals surface area contributed by atoms with Crippen LogP contribution in [0.3, 0.4) is 0 Å². The third kappa shape index (κ3) is 3.86. The lowest BCUT2D eigenvalue weighted by Crippen LogP contribution is -2.22. The Balaban J connectivity index is 2.00. The van der Waals surface area contributed by atoms with Crippen molar-refractivity contribution in [3.8, 4) is 11.8 Å². The maximum absolute atomic E-state index is 3.44. The van der Waals surface area contributed by atoms with Crippen LogP contribution < -0.4 is 0 Å². The Morgan fingerprint density at radius 1 is 0.727 bits per heavy atom. The largest absolute Gasteiger partial charge is 0.259 e. The normalized spacial score (nSPS) is 14.6. The second-order valence-corrected chi connectivity index (χ2v) is 5.73. The van der Waals surface area contributed by atoms with Crippen molar-refractivity contribution in [1.82, 2.24) is 0 Å². The highest BCUT2D eigenvalue weighted by Crippen LogP contribution is 2.09. The Kier molecular flexibility index (Phi) is 5.05. The third-order valence-corrected chi connectivity index (χ3v) is 4.07. The second-order valence-electron chi connectivity index (χ2n) is 5.73. The minimum atomic E-state index is 1.07. The molecule has 2 aromatic carbocycles. The molecule has 0 radical (unpaired) electrons. The molecule has 0 atom stereocenters. The zero-order valence-corrected chi connectivity index (χ0v) is 13.0. The third-order valence-electron chi connectivity index (χ3n) is 4.07. The van der Waals surface area contributed by atoms with E-state index in [0.29, 0.717) is 0 Å². The van der Waals surface area contributed by atoms with Gasteiger partial charge in [0.15, 0.2) is 0 Å². The van der Waals surface area contributed by atoms with Crippen molar-refractivity contribution in [2.45, 2.75) is 25.7 Å². The molecule has 1 saturated heterocycles. The summed E-state index contributed by atoms with van der Waals surface area (Å²) in [6.45, 7) is 2.24. The molecule has 0 unspecified atom stereocenters. The quantitative estimate of drug-likeness (QED) is 0.549. The molecule has 0 aliphatic carbocycles. The number of nitrogens with zero attached hydrogens (tertiary/aromatic N) is 1. The van der Waals surface area contributed by atoms with Gasteiger partial charge >= 0.3 is 0 Å². The van der Waals surface area contributed by atoms with Crippen LogP contribution in [0.5, 0.6) is 0 Å². The highest BCUT2D eigenvalue weighted by Gasteiger charge is 2.17. The Hall–Kier alpha value is -2.33.